The molecule has 4 aliphatic rings. The first-order valence-corrected chi connectivity index (χ1v) is 32.3. The Kier molecular flexibility index (Phi) is 23.1. The summed E-state index contributed by atoms with van der Waals surface area (Å²) in [4.78, 5) is 163. The summed E-state index contributed by atoms with van der Waals surface area (Å²) in [5, 5.41) is 42.2. The third kappa shape index (κ3) is 17.3. The molecule has 2 aromatic heterocycles. The van der Waals surface area contributed by atoms with Crippen LogP contribution >= 0.6 is 21.6 Å². The molecule has 91 heavy (non-hydrogen) atoms. The van der Waals surface area contributed by atoms with Crippen molar-refractivity contribution in [3.8, 4) is 0 Å². The number of carbonyl (C=O) groups is 10. The van der Waals surface area contributed by atoms with Crippen LogP contribution in [0.2, 0.25) is 0 Å². The number of carboxylic acids is 2. The maximum Gasteiger partial charge on any atom is 0.404 e. The number of aromatic amines is 1. The summed E-state index contributed by atoms with van der Waals surface area (Å²) < 4.78 is 11.3. The number of nitrogens with two attached hydrogens (primary N) is 3. The standard InChI is InChI=1S/C60H80N14O15S2/c1-29-45(49(82)44-36(27-89-57(64)87)60(88-7)50-38(69-50)26-74(60)47(44)48(29)81)73-58(3,4)20-22-90-91-28-34(52(83)67-30(2)39(75)17-19-43(79)80)24-41(77)37(9-8-21-65-55(61)62)72-59(5,6)42(78)18-15-33(54(85)86)23-40(76)32-13-10-31(11-14-32)12-16-35-25-66-51-46(68-35)53(84)71-56(63)70-51/h10-11,13-14,25,30,33-34,36-38,50,69,72-73H,8-9,12,15-24,26-28H2,1-7H3,(H2,64,87)(H,67,83)(H,79,80)(H,85,86)(H4,61,62,65)(H3,63,66,70,71,84)/t30-,33+,34-,36+,37-,38-,50-,60+/m0/s1. The number of nitrogens with one attached hydrogen (secondary N) is 7. The predicted octanol–water partition coefficient (Wildman–Crippen LogP) is 1.76. The Balaban J connectivity index is 0.972. The number of nitrogens with zero attached hydrogens (tertiary/aromatic N) is 4. The molecule has 0 radical (unpaired) electrons. The molecule has 31 heteroatoms. The van der Waals surface area contributed by atoms with E-state index in [0.29, 0.717) is 37.3 Å². The molecular weight excluding hydrogens is 1220 g/mol. The number of ether oxygens (including phenoxy) is 2. The molecule has 15 N–H and O–H groups in total. The van der Waals surface area contributed by atoms with Crippen LogP contribution in [-0.4, -0.2) is 179 Å². The number of guanidine groups is 1. The van der Waals surface area contributed by atoms with Crippen LogP contribution in [0.25, 0.3) is 11.2 Å². The van der Waals surface area contributed by atoms with Gasteiger partial charge in [-0.2, -0.15) is 4.98 Å². The van der Waals surface area contributed by atoms with E-state index in [9.17, 15) is 63.0 Å². The number of benzene rings is 1. The van der Waals surface area contributed by atoms with Crippen LogP contribution in [0.15, 0.2) is 57.8 Å². The molecule has 0 saturated carbocycles. The second-order valence-corrected chi connectivity index (χ2v) is 27.0. The lowest BCUT2D eigenvalue weighted by Gasteiger charge is -2.39. The first-order chi connectivity index (χ1) is 42.9. The molecule has 3 aliphatic heterocycles. The maximum atomic E-state index is 14.6. The molecule has 0 unspecified atom stereocenters. The van der Waals surface area contributed by atoms with Crippen molar-refractivity contribution >= 4 is 103 Å². The molecule has 2 amide bonds. The smallest absolute Gasteiger partial charge is 0.404 e. The minimum Gasteiger partial charge on any atom is -0.481 e. The number of Topliss-reactive ketones (excluding diaryl/α,β-unsaturated/α-hetero) is 6. The van der Waals surface area contributed by atoms with E-state index in [-0.39, 0.29) is 120 Å². The van der Waals surface area contributed by atoms with Crippen molar-refractivity contribution in [3.05, 3.63) is 80.2 Å². The van der Waals surface area contributed by atoms with Crippen LogP contribution in [0.1, 0.15) is 121 Å². The number of fused-ring (bicyclic) bond motifs is 5. The average Bonchev–Trinajstić information content (AvgIpc) is 1.50. The van der Waals surface area contributed by atoms with Gasteiger partial charge in [-0.05, 0) is 85.6 Å². The highest BCUT2D eigenvalue weighted by molar-refractivity contribution is 8.76. The highest BCUT2D eigenvalue weighted by Crippen LogP contribution is 2.56. The summed E-state index contributed by atoms with van der Waals surface area (Å²) in [6.07, 6.45) is -0.0528. The molecule has 2 fully saturated rings. The van der Waals surface area contributed by atoms with Crippen molar-refractivity contribution in [2.75, 3.05) is 44.0 Å². The number of allylic oxidation sites excluding steroid dienone is 2. The van der Waals surface area contributed by atoms with Crippen molar-refractivity contribution in [2.45, 2.75) is 153 Å². The van der Waals surface area contributed by atoms with Gasteiger partial charge in [-0.1, -0.05) is 45.9 Å². The zero-order chi connectivity index (χ0) is 66.9. The van der Waals surface area contributed by atoms with Crippen molar-refractivity contribution in [1.29, 1.82) is 5.41 Å². The van der Waals surface area contributed by atoms with Gasteiger partial charge >= 0.3 is 18.0 Å². The van der Waals surface area contributed by atoms with Gasteiger partial charge in [0.25, 0.3) is 5.56 Å². The number of amides is 2. The Bertz CT molecular complexity index is 3500. The molecule has 3 aromatic rings. The molecule has 8 atom stereocenters. The summed E-state index contributed by atoms with van der Waals surface area (Å²) in [6.45, 7) is 10.0. The van der Waals surface area contributed by atoms with E-state index < -0.39 is 124 Å². The number of methoxy groups -OCH3 is 1. The third-order valence-corrected chi connectivity index (χ3v) is 19.3. The number of hydrogen-bond acceptors (Lipinski definition) is 24. The first-order valence-electron chi connectivity index (χ1n) is 29.8. The van der Waals surface area contributed by atoms with Crippen LogP contribution in [0.5, 0.6) is 0 Å². The van der Waals surface area contributed by atoms with Crippen LogP contribution in [-0.2, 0) is 60.7 Å². The minimum absolute atomic E-state index is 0.0108. The zero-order valence-corrected chi connectivity index (χ0v) is 53.4. The molecule has 5 heterocycles. The summed E-state index contributed by atoms with van der Waals surface area (Å²) >= 11 is 0. The summed E-state index contributed by atoms with van der Waals surface area (Å²) in [7, 11) is 4.10. The summed E-state index contributed by atoms with van der Waals surface area (Å²) in [5.74, 6) is -9.04. The highest BCUT2D eigenvalue weighted by Gasteiger charge is 2.73. The van der Waals surface area contributed by atoms with E-state index in [4.69, 9.17) is 32.1 Å². The Morgan fingerprint density at radius 3 is 2.30 bits per heavy atom. The Labute approximate surface area is 532 Å². The lowest BCUT2D eigenvalue weighted by Crippen LogP contribution is -2.55. The number of ketones is 6. The molecule has 1 aliphatic carbocycles. The molecular formula is C60H80N14O15S2. The fourth-order valence-corrected chi connectivity index (χ4v) is 14.3. The number of piperazine rings is 1. The van der Waals surface area contributed by atoms with Crippen molar-refractivity contribution in [1.82, 2.24) is 51.4 Å². The third-order valence-electron chi connectivity index (χ3n) is 16.8. The molecule has 7 rings (SSSR count). The molecule has 29 nitrogen and oxygen atoms in total. The predicted molar refractivity (Wildman–Crippen MR) is 336 cm³/mol. The van der Waals surface area contributed by atoms with Crippen LogP contribution < -0.4 is 49.3 Å². The normalized spacial score (nSPS) is 19.8. The van der Waals surface area contributed by atoms with Crippen LogP contribution in [0.4, 0.5) is 10.7 Å². The number of hydrogen-bond donors (Lipinski definition) is 12. The van der Waals surface area contributed by atoms with Gasteiger partial charge in [0.15, 0.2) is 46.0 Å². The van der Waals surface area contributed by atoms with Gasteiger partial charge in [-0.25, -0.2) is 14.8 Å². The number of carbonyl (C=O) groups excluding carboxylic acids is 8. The molecule has 1 aromatic carbocycles. The van der Waals surface area contributed by atoms with E-state index in [1.807, 2.05) is 13.8 Å². The Morgan fingerprint density at radius 2 is 1.64 bits per heavy atom. The van der Waals surface area contributed by atoms with E-state index >= 15 is 0 Å². The molecule has 492 valence electrons. The fourth-order valence-electron chi connectivity index (χ4n) is 11.7. The lowest BCUT2D eigenvalue weighted by molar-refractivity contribution is -0.142. The van der Waals surface area contributed by atoms with E-state index in [2.05, 4.69) is 46.5 Å². The number of rotatable bonds is 37. The number of nitrogen functional groups attached to an aromatic ring is 1. The molecule has 2 saturated heterocycles. The van der Waals surface area contributed by atoms with Crippen molar-refractivity contribution in [3.63, 3.8) is 0 Å². The van der Waals surface area contributed by atoms with E-state index in [1.54, 1.807) is 36.1 Å². The zero-order valence-electron chi connectivity index (χ0n) is 51.8. The maximum absolute atomic E-state index is 14.6. The molecule has 0 spiro atoms. The lowest BCUT2D eigenvalue weighted by atomic mass is 9.82. The number of aliphatic carboxylic acids is 2. The first kappa shape index (κ1) is 70.3. The van der Waals surface area contributed by atoms with E-state index in [0.717, 1.165) is 5.56 Å². The van der Waals surface area contributed by atoms with Gasteiger partial charge in [-0.3, -0.25) is 63.7 Å². The highest BCUT2D eigenvalue weighted by atomic mass is 33.1. The number of aryl methyl sites for hydroxylation is 2. The van der Waals surface area contributed by atoms with Crippen molar-refractivity contribution in [2.24, 2.45) is 29.2 Å². The SMILES string of the molecule is CO[C@@]12[C@H](COC(N)=O)C3=C(C(=O)C(C)=C(NC(C)(C)CCSSC[C@H](CC(=O)[C@H](CCCNC(=N)N)NC(C)(C)C(=O)CC[C@H](CC(=O)c4ccc(CCc5cnc6nc(N)[nH]c(=O)c6n5)cc4)C(=O)O)C(=O)N[C@@H](C)C(=O)CCC(=O)O)C3=O)N1C[C@@H]1N[C@@H]12. The van der Waals surface area contributed by atoms with Gasteiger partial charge in [0, 0.05) is 85.7 Å². The minimum atomic E-state index is -1.47. The topological polar surface area (TPSA) is 476 Å². The average molecular weight is 1300 g/mol. The summed E-state index contributed by atoms with van der Waals surface area (Å²) in [6, 6.07) is 4.18. The van der Waals surface area contributed by atoms with E-state index in [1.165, 1.54) is 55.7 Å². The Morgan fingerprint density at radius 1 is 0.923 bits per heavy atom. The summed E-state index contributed by atoms with van der Waals surface area (Å²) in [5.41, 5.74) is 15.0. The molecule has 0 bridgehead atoms. The van der Waals surface area contributed by atoms with Crippen LogP contribution in [0.3, 0.4) is 0 Å². The second kappa shape index (κ2) is 29.9. The van der Waals surface area contributed by atoms with Gasteiger partial charge in [0.1, 0.15) is 6.61 Å². The van der Waals surface area contributed by atoms with Gasteiger partial charge in [-0.15, -0.1) is 0 Å². The number of anilines is 1. The van der Waals surface area contributed by atoms with Gasteiger partial charge < -0.3 is 63.1 Å². The Hall–Kier alpha value is -8.13. The van der Waals surface area contributed by atoms with Crippen LogP contribution in [0, 0.1) is 23.2 Å². The van der Waals surface area contributed by atoms with Gasteiger partial charge in [0.2, 0.25) is 23.4 Å². The van der Waals surface area contributed by atoms with Crippen molar-refractivity contribution < 1.29 is 67.6 Å². The number of aromatic nitrogens is 4. The fraction of sp³-hybridized carbons (Fsp3) is 0.550. The van der Waals surface area contributed by atoms with Gasteiger partial charge in [0.05, 0.1) is 71.1 Å². The quantitative estimate of drug-likeness (QED) is 0.00744. The number of H-pyrrole nitrogens is 1. The number of primary amides is 1. The largest absolute Gasteiger partial charge is 0.481 e. The monoisotopic (exact) mass is 1300 g/mol. The second-order valence-electron chi connectivity index (χ2n) is 24.4. The number of carboxylic acid groups (broad SMARTS) is 2.